The summed E-state index contributed by atoms with van der Waals surface area (Å²) in [6.45, 7) is 4.69. The van der Waals surface area contributed by atoms with Crippen LogP contribution in [0.3, 0.4) is 0 Å². The molecule has 0 bridgehead atoms. The zero-order chi connectivity index (χ0) is 26.3. The molecule has 2 aromatic rings. The van der Waals surface area contributed by atoms with E-state index in [-0.39, 0.29) is 23.5 Å². The maximum Gasteiger partial charge on any atom is 0.343 e. The molecule has 0 aliphatic carbocycles. The van der Waals surface area contributed by atoms with Crippen molar-refractivity contribution in [2.75, 3.05) is 37.2 Å². The third-order valence-electron chi connectivity index (χ3n) is 6.75. The van der Waals surface area contributed by atoms with Crippen LogP contribution >= 0.6 is 22.4 Å². The number of anilines is 2. The number of ether oxygens (including phenoxy) is 2. The van der Waals surface area contributed by atoms with Crippen molar-refractivity contribution >= 4 is 39.7 Å². The number of esters is 1. The lowest BCUT2D eigenvalue weighted by molar-refractivity contribution is -0.142. The maximum absolute atomic E-state index is 11.7. The molecule has 1 aliphatic heterocycles. The predicted octanol–water partition coefficient (Wildman–Crippen LogP) is 7.29. The van der Waals surface area contributed by atoms with Gasteiger partial charge in [0.15, 0.2) is 6.61 Å². The number of aromatic hydroxyl groups is 1. The zero-order valence-corrected chi connectivity index (χ0v) is 23.3. The van der Waals surface area contributed by atoms with Crippen LogP contribution < -0.4 is 9.64 Å². The number of unbranched alkanes of at least 4 members (excludes halogenated alkanes) is 2. The summed E-state index contributed by atoms with van der Waals surface area (Å²) >= 11 is 1.46. The van der Waals surface area contributed by atoms with Crippen molar-refractivity contribution in [3.63, 3.8) is 0 Å². The molecular weight excluding hydrogens is 498 g/mol. The van der Waals surface area contributed by atoms with Gasteiger partial charge in [0.1, 0.15) is 11.5 Å². The molecule has 2 aromatic carbocycles. The molecular formula is C27H39NO6S2. The van der Waals surface area contributed by atoms with Crippen LogP contribution in [0.5, 0.6) is 11.5 Å². The third kappa shape index (κ3) is 6.62. The second-order valence-corrected chi connectivity index (χ2v) is 12.4. The number of phenols is 1. The molecule has 3 rings (SSSR count). The summed E-state index contributed by atoms with van der Waals surface area (Å²) in [5.74, 6) is 0.369. The highest BCUT2D eigenvalue weighted by molar-refractivity contribution is 8.24. The van der Waals surface area contributed by atoms with Crippen LogP contribution in [-0.2, 0) is 9.53 Å². The molecule has 0 aromatic heterocycles. The smallest absolute Gasteiger partial charge is 0.343 e. The Morgan fingerprint density at radius 2 is 1.75 bits per heavy atom. The predicted molar refractivity (Wildman–Crippen MR) is 148 cm³/mol. The summed E-state index contributed by atoms with van der Waals surface area (Å²) < 4.78 is 33.8. The first-order valence-electron chi connectivity index (χ1n) is 12.4. The number of nitrogens with zero attached hydrogens (tertiary/aromatic N) is 1. The fourth-order valence-corrected chi connectivity index (χ4v) is 7.57. The minimum atomic E-state index is -3.18. The first-order valence-corrected chi connectivity index (χ1v) is 15.4. The maximum atomic E-state index is 11.7. The Hall–Kier alpha value is -2.07. The zero-order valence-electron chi connectivity index (χ0n) is 21.7. The van der Waals surface area contributed by atoms with E-state index < -0.39 is 16.6 Å². The Bertz CT molecular complexity index is 1020. The van der Waals surface area contributed by atoms with Crippen molar-refractivity contribution in [2.45, 2.75) is 62.2 Å². The minimum absolute atomic E-state index is 0.178. The summed E-state index contributed by atoms with van der Waals surface area (Å²) in [5, 5.41) is 9.91. The SMILES string of the molecule is CCCCC1(CCCC)CN(c2ccc(O)cc2)c2cc(SC)c(OCC(=O)OC)cc2S(O)(O)C1. The lowest BCUT2D eigenvalue weighted by Gasteiger charge is -2.42. The molecule has 9 heteroatoms. The van der Waals surface area contributed by atoms with E-state index in [9.17, 15) is 19.0 Å². The van der Waals surface area contributed by atoms with Gasteiger partial charge in [-0.05, 0) is 49.4 Å². The van der Waals surface area contributed by atoms with Crippen LogP contribution in [0.4, 0.5) is 11.4 Å². The monoisotopic (exact) mass is 537 g/mol. The molecule has 36 heavy (non-hydrogen) atoms. The number of fused-ring (bicyclic) bond motifs is 1. The Kier molecular flexibility index (Phi) is 9.86. The van der Waals surface area contributed by atoms with Gasteiger partial charge in [-0.3, -0.25) is 9.11 Å². The summed E-state index contributed by atoms with van der Waals surface area (Å²) in [5.41, 5.74) is 1.29. The van der Waals surface area contributed by atoms with Gasteiger partial charge < -0.3 is 19.5 Å². The van der Waals surface area contributed by atoms with Crippen LogP contribution in [0, 0.1) is 5.41 Å². The number of carbonyl (C=O) groups excluding carboxylic acids is 1. The number of methoxy groups -OCH3 is 1. The second-order valence-electron chi connectivity index (χ2n) is 9.46. The molecule has 7 nitrogen and oxygen atoms in total. The van der Waals surface area contributed by atoms with E-state index in [1.165, 1.54) is 18.9 Å². The molecule has 0 unspecified atom stereocenters. The number of hydrogen-bond donors (Lipinski definition) is 3. The number of rotatable bonds is 11. The van der Waals surface area contributed by atoms with Gasteiger partial charge in [0.25, 0.3) is 0 Å². The van der Waals surface area contributed by atoms with Gasteiger partial charge in [-0.25, -0.2) is 4.79 Å². The Labute approximate surface area is 220 Å². The fourth-order valence-electron chi connectivity index (χ4n) is 4.84. The van der Waals surface area contributed by atoms with Crippen LogP contribution in [0.25, 0.3) is 0 Å². The normalized spacial score (nSPS) is 17.1. The number of hydrogen-bond acceptors (Lipinski definition) is 8. The van der Waals surface area contributed by atoms with Crippen LogP contribution in [0.2, 0.25) is 0 Å². The second kappa shape index (κ2) is 12.4. The van der Waals surface area contributed by atoms with Gasteiger partial charge >= 0.3 is 5.97 Å². The van der Waals surface area contributed by atoms with Gasteiger partial charge in [0, 0.05) is 29.5 Å². The number of thioether (sulfide) groups is 1. The van der Waals surface area contributed by atoms with Crippen molar-refractivity contribution in [3.8, 4) is 11.5 Å². The average molecular weight is 538 g/mol. The quantitative estimate of drug-likeness (QED) is 0.203. The molecule has 0 atom stereocenters. The van der Waals surface area contributed by atoms with Gasteiger partial charge in [-0.2, -0.15) is 10.6 Å². The molecule has 0 saturated carbocycles. The molecule has 1 aliphatic rings. The summed E-state index contributed by atoms with van der Waals surface area (Å²) in [4.78, 5) is 15.1. The van der Waals surface area contributed by atoms with Crippen LogP contribution in [0.15, 0.2) is 46.2 Å². The highest BCUT2D eigenvalue weighted by atomic mass is 32.3. The van der Waals surface area contributed by atoms with Crippen molar-refractivity contribution in [2.24, 2.45) is 5.41 Å². The van der Waals surface area contributed by atoms with Crippen molar-refractivity contribution in [1.82, 2.24) is 0 Å². The molecule has 1 heterocycles. The molecule has 200 valence electrons. The lowest BCUT2D eigenvalue weighted by atomic mass is 9.79. The Balaban J connectivity index is 2.20. The van der Waals surface area contributed by atoms with E-state index in [0.29, 0.717) is 22.9 Å². The van der Waals surface area contributed by atoms with E-state index in [1.807, 2.05) is 24.5 Å². The molecule has 0 fully saturated rings. The standard InChI is InChI=1S/C27H39NO6S2/c1-5-7-13-27(14-8-6-2)18-28(20-9-11-21(29)12-10-20)22-15-24(35-4)23(34-17-26(30)33-3)16-25(22)36(31,32)19-27/h9-12,15-16,29,31-32H,5-8,13-14,17-19H2,1-4H3. The molecule has 0 spiro atoms. The van der Waals surface area contributed by atoms with Crippen molar-refractivity contribution < 1.29 is 28.5 Å². The first kappa shape index (κ1) is 28.5. The van der Waals surface area contributed by atoms with Gasteiger partial charge in [-0.1, -0.05) is 39.5 Å². The number of phenolic OH excluding ortho intramolecular Hbond substituents is 1. The largest absolute Gasteiger partial charge is 0.508 e. The van der Waals surface area contributed by atoms with Gasteiger partial charge in [0.05, 0.1) is 22.6 Å². The van der Waals surface area contributed by atoms with E-state index in [2.05, 4.69) is 18.7 Å². The van der Waals surface area contributed by atoms with Gasteiger partial charge in [-0.15, -0.1) is 11.8 Å². The minimum Gasteiger partial charge on any atom is -0.508 e. The highest BCUT2D eigenvalue weighted by Crippen LogP contribution is 2.62. The fraction of sp³-hybridized carbons (Fsp3) is 0.519. The molecule has 0 saturated heterocycles. The molecule has 3 N–H and O–H groups in total. The van der Waals surface area contributed by atoms with E-state index in [4.69, 9.17) is 9.47 Å². The van der Waals surface area contributed by atoms with Crippen molar-refractivity contribution in [1.29, 1.82) is 0 Å². The average Bonchev–Trinajstić information content (AvgIpc) is 2.96. The topological polar surface area (TPSA) is 99.5 Å². The van der Waals surface area contributed by atoms with E-state index >= 15 is 0 Å². The summed E-state index contributed by atoms with van der Waals surface area (Å²) in [6, 6.07) is 10.6. The third-order valence-corrected chi connectivity index (χ3v) is 9.55. The Morgan fingerprint density at radius 1 is 1.11 bits per heavy atom. The molecule has 0 radical (unpaired) electrons. The summed E-state index contributed by atoms with van der Waals surface area (Å²) in [7, 11) is -1.88. The number of carbonyl (C=O) groups is 1. The van der Waals surface area contributed by atoms with Crippen molar-refractivity contribution in [3.05, 3.63) is 36.4 Å². The van der Waals surface area contributed by atoms with Crippen LogP contribution in [0.1, 0.15) is 52.4 Å². The highest BCUT2D eigenvalue weighted by Gasteiger charge is 2.42. The summed E-state index contributed by atoms with van der Waals surface area (Å²) in [6.07, 6.45) is 7.76. The lowest BCUT2D eigenvalue weighted by Crippen LogP contribution is -2.37. The molecule has 0 amide bonds. The van der Waals surface area contributed by atoms with Crippen LogP contribution in [-0.4, -0.2) is 52.5 Å². The first-order chi connectivity index (χ1) is 17.2. The number of benzene rings is 2. The van der Waals surface area contributed by atoms with E-state index in [1.54, 1.807) is 18.2 Å². The Morgan fingerprint density at radius 3 is 2.31 bits per heavy atom. The van der Waals surface area contributed by atoms with E-state index in [0.717, 1.165) is 49.1 Å². The van der Waals surface area contributed by atoms with Gasteiger partial charge in [0.2, 0.25) is 0 Å².